The van der Waals surface area contributed by atoms with Crippen LogP contribution in [0.5, 0.6) is 11.5 Å². The van der Waals surface area contributed by atoms with Crippen LogP contribution in [0.25, 0.3) is 0 Å². The predicted molar refractivity (Wildman–Crippen MR) is 109 cm³/mol. The lowest BCUT2D eigenvalue weighted by Gasteiger charge is -2.23. The molecule has 0 aliphatic carbocycles. The first-order chi connectivity index (χ1) is 13.7. The fourth-order valence-electron chi connectivity index (χ4n) is 2.30. The molecule has 0 saturated carbocycles. The Balaban J connectivity index is 2.68. The second-order valence-electron chi connectivity index (χ2n) is 5.65. The number of nitrogens with zero attached hydrogens (tertiary/aromatic N) is 1. The van der Waals surface area contributed by atoms with Gasteiger partial charge < -0.3 is 9.47 Å². The van der Waals surface area contributed by atoms with Crippen molar-refractivity contribution in [2.75, 3.05) is 20.8 Å². The number of benzene rings is 2. The van der Waals surface area contributed by atoms with E-state index in [1.54, 1.807) is 0 Å². The summed E-state index contributed by atoms with van der Waals surface area (Å²) >= 11 is 6.06. The van der Waals surface area contributed by atoms with Crippen molar-refractivity contribution in [3.05, 3.63) is 45.3 Å². The highest BCUT2D eigenvalue weighted by Gasteiger charge is 2.45. The molecular formula is C16H14Br2F3NO6S2. The molecule has 2 rings (SSSR count). The van der Waals surface area contributed by atoms with Gasteiger partial charge in [0.25, 0.3) is 20.0 Å². The molecule has 0 N–H and O–H groups in total. The summed E-state index contributed by atoms with van der Waals surface area (Å²) in [5, 5.41) is 0. The molecule has 0 fully saturated rings. The monoisotopic (exact) mass is 595 g/mol. The third-order valence-corrected chi connectivity index (χ3v) is 9.13. The summed E-state index contributed by atoms with van der Waals surface area (Å²) < 4.78 is 101. The molecule has 0 spiro atoms. The van der Waals surface area contributed by atoms with Crippen LogP contribution in [-0.2, 0) is 20.0 Å². The van der Waals surface area contributed by atoms with Crippen LogP contribution >= 0.6 is 31.9 Å². The van der Waals surface area contributed by atoms with Crippen LogP contribution < -0.4 is 9.47 Å². The van der Waals surface area contributed by atoms with E-state index >= 15 is 0 Å². The van der Waals surface area contributed by atoms with Crippen molar-refractivity contribution in [2.24, 2.45) is 0 Å². The van der Waals surface area contributed by atoms with E-state index in [1.807, 2.05) is 0 Å². The SMILES string of the molecule is COc1ccc(S(=O)(=O)N(CC(F)(F)F)S(=O)(=O)c2ccc(OC)c(Br)c2)cc1Br. The molecule has 0 aliphatic heterocycles. The molecule has 14 heteroatoms. The Morgan fingerprint density at radius 1 is 0.833 bits per heavy atom. The fourth-order valence-corrected chi connectivity index (χ4v) is 7.35. The summed E-state index contributed by atoms with van der Waals surface area (Å²) in [4.78, 5) is -1.34. The summed E-state index contributed by atoms with van der Waals surface area (Å²) in [6.07, 6.45) is -5.13. The Hall–Kier alpha value is -1.35. The standard InChI is InChI=1S/C16H14Br2F3NO6S2/c1-27-14-5-3-10(7-12(14)17)29(23,24)22(9-16(19,20)21)30(25,26)11-4-6-15(28-2)13(18)8-11/h3-8H,9H2,1-2H3. The number of ether oxygens (including phenoxy) is 2. The molecule has 0 unspecified atom stereocenters. The average Bonchev–Trinajstić information content (AvgIpc) is 2.65. The van der Waals surface area contributed by atoms with E-state index in [9.17, 15) is 30.0 Å². The van der Waals surface area contributed by atoms with E-state index in [2.05, 4.69) is 31.9 Å². The maximum Gasteiger partial charge on any atom is 0.403 e. The molecular weight excluding hydrogens is 583 g/mol. The number of rotatable bonds is 7. The van der Waals surface area contributed by atoms with Crippen molar-refractivity contribution in [1.29, 1.82) is 0 Å². The lowest BCUT2D eigenvalue weighted by Crippen LogP contribution is -2.43. The van der Waals surface area contributed by atoms with E-state index in [1.165, 1.54) is 26.4 Å². The first-order valence-corrected chi connectivity index (χ1v) is 12.2. The molecule has 2 aromatic carbocycles. The zero-order valence-corrected chi connectivity index (χ0v) is 20.1. The third kappa shape index (κ3) is 5.28. The Kier molecular flexibility index (Phi) is 7.49. The first kappa shape index (κ1) is 24.9. The average molecular weight is 597 g/mol. The van der Waals surface area contributed by atoms with Gasteiger partial charge in [-0.05, 0) is 68.3 Å². The topological polar surface area (TPSA) is 90.0 Å². The summed E-state index contributed by atoms with van der Waals surface area (Å²) in [6, 6.07) is 6.16. The van der Waals surface area contributed by atoms with Gasteiger partial charge in [0, 0.05) is 0 Å². The molecule has 0 bridgehead atoms. The number of hydrogen-bond acceptors (Lipinski definition) is 6. The van der Waals surface area contributed by atoms with E-state index < -0.39 is 46.3 Å². The summed E-state index contributed by atoms with van der Waals surface area (Å²) in [7, 11) is -7.64. The predicted octanol–water partition coefficient (Wildman–Crippen LogP) is 4.17. The van der Waals surface area contributed by atoms with Crippen molar-refractivity contribution >= 4 is 51.9 Å². The van der Waals surface area contributed by atoms with Crippen LogP contribution in [0.1, 0.15) is 0 Å². The second kappa shape index (κ2) is 9.02. The van der Waals surface area contributed by atoms with Gasteiger partial charge in [0.2, 0.25) is 0 Å². The minimum Gasteiger partial charge on any atom is -0.496 e. The highest BCUT2D eigenvalue weighted by molar-refractivity contribution is 9.10. The number of sulfonamides is 2. The van der Waals surface area contributed by atoms with Crippen LogP contribution in [-0.4, -0.2) is 47.5 Å². The lowest BCUT2D eigenvalue weighted by atomic mass is 10.3. The molecule has 0 radical (unpaired) electrons. The Morgan fingerprint density at radius 3 is 1.47 bits per heavy atom. The van der Waals surface area contributed by atoms with Crippen LogP contribution in [0, 0.1) is 0 Å². The molecule has 0 amide bonds. The van der Waals surface area contributed by atoms with E-state index in [0.29, 0.717) is 0 Å². The normalized spacial score (nSPS) is 12.8. The molecule has 7 nitrogen and oxygen atoms in total. The molecule has 0 saturated heterocycles. The van der Waals surface area contributed by atoms with Crippen LogP contribution in [0.2, 0.25) is 0 Å². The van der Waals surface area contributed by atoms with Crippen LogP contribution in [0.15, 0.2) is 55.1 Å². The highest BCUT2D eigenvalue weighted by atomic mass is 79.9. The van der Waals surface area contributed by atoms with Crippen LogP contribution in [0.3, 0.4) is 0 Å². The van der Waals surface area contributed by atoms with E-state index in [-0.39, 0.29) is 20.4 Å². The number of hydrogen-bond donors (Lipinski definition) is 0. The van der Waals surface area contributed by atoms with Gasteiger partial charge >= 0.3 is 6.18 Å². The van der Waals surface area contributed by atoms with Crippen molar-refractivity contribution in [2.45, 2.75) is 16.0 Å². The van der Waals surface area contributed by atoms with Gasteiger partial charge in [-0.15, -0.1) is 0 Å². The lowest BCUT2D eigenvalue weighted by molar-refractivity contribution is -0.129. The van der Waals surface area contributed by atoms with Gasteiger partial charge in [-0.1, -0.05) is 3.71 Å². The maximum atomic E-state index is 13.2. The number of halogens is 5. The second-order valence-corrected chi connectivity index (χ2v) is 11.3. The quantitative estimate of drug-likeness (QED) is 0.477. The molecule has 2 aromatic rings. The van der Waals surface area contributed by atoms with Crippen molar-refractivity contribution in [3.8, 4) is 11.5 Å². The zero-order valence-electron chi connectivity index (χ0n) is 15.3. The molecule has 0 heterocycles. The largest absolute Gasteiger partial charge is 0.496 e. The van der Waals surface area contributed by atoms with Gasteiger partial charge in [-0.2, -0.15) is 13.2 Å². The highest BCUT2D eigenvalue weighted by Crippen LogP contribution is 2.34. The number of alkyl halides is 3. The van der Waals surface area contributed by atoms with E-state index in [0.717, 1.165) is 24.3 Å². The van der Waals surface area contributed by atoms with Crippen molar-refractivity contribution in [3.63, 3.8) is 0 Å². The van der Waals surface area contributed by atoms with Gasteiger partial charge in [0.05, 0.1) is 33.0 Å². The van der Waals surface area contributed by atoms with Crippen molar-refractivity contribution < 1.29 is 39.5 Å². The minimum absolute atomic E-state index is 0.114. The zero-order chi connectivity index (χ0) is 22.9. The van der Waals surface area contributed by atoms with Crippen molar-refractivity contribution in [1.82, 2.24) is 3.71 Å². The molecule has 0 atom stereocenters. The smallest absolute Gasteiger partial charge is 0.403 e. The Labute approximate surface area is 188 Å². The van der Waals surface area contributed by atoms with E-state index in [4.69, 9.17) is 9.47 Å². The molecule has 30 heavy (non-hydrogen) atoms. The van der Waals surface area contributed by atoms with Gasteiger partial charge in [0.1, 0.15) is 18.0 Å². The molecule has 0 aliphatic rings. The number of methoxy groups -OCH3 is 2. The minimum atomic E-state index is -5.13. The fraction of sp³-hybridized carbons (Fsp3) is 0.250. The Bertz CT molecular complexity index is 1070. The van der Waals surface area contributed by atoms with Crippen LogP contribution in [0.4, 0.5) is 13.2 Å². The Morgan fingerprint density at radius 2 is 1.20 bits per heavy atom. The summed E-state index contributed by atoms with van der Waals surface area (Å²) in [5.41, 5.74) is 0. The van der Waals surface area contributed by atoms with Gasteiger partial charge in [0.15, 0.2) is 0 Å². The summed E-state index contributed by atoms with van der Waals surface area (Å²) in [6.45, 7) is -2.25. The summed E-state index contributed by atoms with van der Waals surface area (Å²) in [5.74, 6) is 0.413. The first-order valence-electron chi connectivity index (χ1n) is 7.76. The maximum absolute atomic E-state index is 13.2. The molecule has 166 valence electrons. The van der Waals surface area contributed by atoms with Gasteiger partial charge in [-0.3, -0.25) is 0 Å². The van der Waals surface area contributed by atoms with Gasteiger partial charge in [-0.25, -0.2) is 16.8 Å². The molecule has 0 aromatic heterocycles. The third-order valence-electron chi connectivity index (χ3n) is 3.69.